The van der Waals surface area contributed by atoms with Gasteiger partial charge in [0.1, 0.15) is 11.9 Å². The van der Waals surface area contributed by atoms with Crippen LogP contribution in [0, 0.1) is 0 Å². The zero-order valence-electron chi connectivity index (χ0n) is 13.8. The lowest BCUT2D eigenvalue weighted by atomic mass is 10.1. The Balaban J connectivity index is 1.47. The van der Waals surface area contributed by atoms with E-state index in [0.717, 1.165) is 54.4 Å². The molecule has 0 atom stereocenters. The van der Waals surface area contributed by atoms with Gasteiger partial charge in [-0.25, -0.2) is 0 Å². The van der Waals surface area contributed by atoms with Crippen LogP contribution in [0.25, 0.3) is 10.9 Å². The number of ether oxygens (including phenoxy) is 1. The lowest BCUT2D eigenvalue weighted by molar-refractivity contribution is 0.112. The molecule has 0 spiro atoms. The van der Waals surface area contributed by atoms with Gasteiger partial charge in [-0.1, -0.05) is 23.7 Å². The zero-order valence-corrected chi connectivity index (χ0v) is 14.5. The number of benzene rings is 2. The fraction of sp³-hybridized carbons (Fsp3) is 0.250. The first kappa shape index (κ1) is 16.0. The molecule has 0 amide bonds. The molecule has 25 heavy (non-hydrogen) atoms. The van der Waals surface area contributed by atoms with Gasteiger partial charge in [0.05, 0.1) is 5.52 Å². The molecule has 0 saturated carbocycles. The Bertz CT molecular complexity index is 880. The van der Waals surface area contributed by atoms with Gasteiger partial charge >= 0.3 is 0 Å². The SMILES string of the molecule is O=Cc1cccc2ccn(N3CCC(Oc4ccc(Cl)cc4)CC3)c12. The molecule has 2 heterocycles. The van der Waals surface area contributed by atoms with Crippen LogP contribution in [0.1, 0.15) is 23.2 Å². The average molecular weight is 355 g/mol. The molecule has 5 heteroatoms. The maximum Gasteiger partial charge on any atom is 0.152 e. The highest BCUT2D eigenvalue weighted by molar-refractivity contribution is 6.30. The first-order valence-corrected chi connectivity index (χ1v) is 8.85. The van der Waals surface area contributed by atoms with E-state index >= 15 is 0 Å². The molecule has 1 fully saturated rings. The van der Waals surface area contributed by atoms with Gasteiger partial charge < -0.3 is 9.75 Å². The lowest BCUT2D eigenvalue weighted by Gasteiger charge is -2.35. The number of aldehydes is 1. The minimum Gasteiger partial charge on any atom is -0.490 e. The monoisotopic (exact) mass is 354 g/mol. The van der Waals surface area contributed by atoms with Crippen molar-refractivity contribution in [1.82, 2.24) is 4.68 Å². The van der Waals surface area contributed by atoms with E-state index in [4.69, 9.17) is 16.3 Å². The third-order valence-electron chi connectivity index (χ3n) is 4.69. The number of halogens is 1. The quantitative estimate of drug-likeness (QED) is 0.656. The summed E-state index contributed by atoms with van der Waals surface area (Å²) in [5, 5.41) is 4.08. The Morgan fingerprint density at radius 1 is 1.04 bits per heavy atom. The predicted octanol–water partition coefficient (Wildman–Crippen LogP) is 4.29. The summed E-state index contributed by atoms with van der Waals surface area (Å²) >= 11 is 5.91. The number of hydrogen-bond donors (Lipinski definition) is 0. The minimum absolute atomic E-state index is 0.199. The smallest absolute Gasteiger partial charge is 0.152 e. The summed E-state index contributed by atoms with van der Waals surface area (Å²) in [5.41, 5.74) is 1.71. The van der Waals surface area contributed by atoms with E-state index in [-0.39, 0.29) is 6.10 Å². The van der Waals surface area contributed by atoms with Crippen LogP contribution in [0.15, 0.2) is 54.7 Å². The molecule has 128 valence electrons. The molecule has 0 N–H and O–H groups in total. The van der Waals surface area contributed by atoms with Gasteiger partial charge in [0, 0.05) is 48.1 Å². The molecule has 1 aromatic heterocycles. The second-order valence-corrected chi connectivity index (χ2v) is 6.72. The molecule has 1 aliphatic heterocycles. The van der Waals surface area contributed by atoms with Crippen LogP contribution < -0.4 is 9.75 Å². The third-order valence-corrected chi connectivity index (χ3v) is 4.94. The number of para-hydroxylation sites is 1. The van der Waals surface area contributed by atoms with Crippen molar-refractivity contribution in [2.45, 2.75) is 18.9 Å². The van der Waals surface area contributed by atoms with E-state index in [1.165, 1.54) is 0 Å². The molecule has 0 radical (unpaired) electrons. The van der Waals surface area contributed by atoms with Crippen molar-refractivity contribution >= 4 is 28.8 Å². The van der Waals surface area contributed by atoms with E-state index in [0.29, 0.717) is 5.02 Å². The summed E-state index contributed by atoms with van der Waals surface area (Å²) in [5.74, 6) is 0.859. The van der Waals surface area contributed by atoms with Crippen LogP contribution in [0.4, 0.5) is 0 Å². The molecule has 0 bridgehead atoms. The van der Waals surface area contributed by atoms with E-state index in [2.05, 4.69) is 15.8 Å². The molecule has 0 aliphatic carbocycles. The third kappa shape index (κ3) is 3.22. The van der Waals surface area contributed by atoms with Crippen LogP contribution in [0.2, 0.25) is 5.02 Å². The first-order valence-electron chi connectivity index (χ1n) is 8.47. The highest BCUT2D eigenvalue weighted by Crippen LogP contribution is 2.24. The van der Waals surface area contributed by atoms with Gasteiger partial charge in [0.15, 0.2) is 6.29 Å². The Morgan fingerprint density at radius 2 is 1.80 bits per heavy atom. The van der Waals surface area contributed by atoms with Crippen molar-refractivity contribution in [3.63, 3.8) is 0 Å². The number of rotatable bonds is 4. The van der Waals surface area contributed by atoms with Gasteiger partial charge in [-0.2, -0.15) is 0 Å². The van der Waals surface area contributed by atoms with Gasteiger partial charge in [0.2, 0.25) is 0 Å². The Morgan fingerprint density at radius 3 is 2.52 bits per heavy atom. The first-order chi connectivity index (χ1) is 12.2. The molecule has 2 aromatic carbocycles. The van der Waals surface area contributed by atoms with Crippen LogP contribution >= 0.6 is 11.6 Å². The van der Waals surface area contributed by atoms with Crippen molar-refractivity contribution in [2.75, 3.05) is 18.1 Å². The minimum atomic E-state index is 0.199. The number of nitrogens with zero attached hydrogens (tertiary/aromatic N) is 2. The Labute approximate surface area is 151 Å². The topological polar surface area (TPSA) is 34.5 Å². The number of carbonyl (C=O) groups excluding carboxylic acids is 1. The van der Waals surface area contributed by atoms with E-state index < -0.39 is 0 Å². The largest absolute Gasteiger partial charge is 0.490 e. The molecule has 1 saturated heterocycles. The molecule has 4 nitrogen and oxygen atoms in total. The van der Waals surface area contributed by atoms with E-state index in [9.17, 15) is 4.79 Å². The molecular formula is C20H19ClN2O2. The summed E-state index contributed by atoms with van der Waals surface area (Å²) in [6, 6.07) is 15.4. The fourth-order valence-electron chi connectivity index (χ4n) is 3.42. The van der Waals surface area contributed by atoms with E-state index in [1.807, 2.05) is 48.7 Å². The molecule has 4 rings (SSSR count). The fourth-order valence-corrected chi connectivity index (χ4v) is 3.54. The maximum atomic E-state index is 11.4. The zero-order chi connectivity index (χ0) is 17.2. The second kappa shape index (κ2) is 6.81. The average Bonchev–Trinajstić information content (AvgIpc) is 3.08. The Kier molecular flexibility index (Phi) is 4.36. The van der Waals surface area contributed by atoms with Gasteiger partial charge in [-0.3, -0.25) is 9.47 Å². The van der Waals surface area contributed by atoms with Crippen molar-refractivity contribution in [1.29, 1.82) is 0 Å². The normalized spacial score (nSPS) is 15.5. The van der Waals surface area contributed by atoms with Crippen LogP contribution in [0.5, 0.6) is 5.75 Å². The number of aromatic nitrogens is 1. The predicted molar refractivity (Wildman–Crippen MR) is 100 cm³/mol. The molecule has 1 aliphatic rings. The van der Waals surface area contributed by atoms with E-state index in [1.54, 1.807) is 0 Å². The van der Waals surface area contributed by atoms with Crippen molar-refractivity contribution in [3.8, 4) is 5.75 Å². The summed E-state index contributed by atoms with van der Waals surface area (Å²) in [6.45, 7) is 1.77. The summed E-state index contributed by atoms with van der Waals surface area (Å²) in [4.78, 5) is 11.4. The molecular weight excluding hydrogens is 336 g/mol. The summed E-state index contributed by atoms with van der Waals surface area (Å²) < 4.78 is 8.17. The highest BCUT2D eigenvalue weighted by atomic mass is 35.5. The van der Waals surface area contributed by atoms with Crippen molar-refractivity contribution in [3.05, 3.63) is 65.3 Å². The van der Waals surface area contributed by atoms with Gasteiger partial charge in [-0.15, -0.1) is 0 Å². The Hall–Kier alpha value is -2.46. The maximum absolute atomic E-state index is 11.4. The standard InChI is InChI=1S/C20H19ClN2O2/c21-17-4-6-18(7-5-17)25-19-9-11-22(12-10-19)23-13-8-15-2-1-3-16(14-24)20(15)23/h1-8,13-14,19H,9-12H2. The van der Waals surface area contributed by atoms with Crippen molar-refractivity contribution in [2.24, 2.45) is 0 Å². The number of piperidine rings is 1. The lowest BCUT2D eigenvalue weighted by Crippen LogP contribution is -2.44. The highest BCUT2D eigenvalue weighted by Gasteiger charge is 2.22. The van der Waals surface area contributed by atoms with Crippen LogP contribution in [-0.2, 0) is 0 Å². The van der Waals surface area contributed by atoms with Crippen molar-refractivity contribution < 1.29 is 9.53 Å². The number of fused-ring (bicyclic) bond motifs is 1. The van der Waals surface area contributed by atoms with Gasteiger partial charge in [-0.05, 0) is 36.4 Å². The van der Waals surface area contributed by atoms with Crippen LogP contribution in [-0.4, -0.2) is 30.2 Å². The van der Waals surface area contributed by atoms with Gasteiger partial charge in [0.25, 0.3) is 0 Å². The summed E-state index contributed by atoms with van der Waals surface area (Å²) in [6.07, 6.45) is 5.04. The second-order valence-electron chi connectivity index (χ2n) is 6.29. The number of hydrogen-bond acceptors (Lipinski definition) is 3. The molecule has 3 aromatic rings. The summed E-state index contributed by atoms with van der Waals surface area (Å²) in [7, 11) is 0. The van der Waals surface area contributed by atoms with Crippen LogP contribution in [0.3, 0.4) is 0 Å². The molecule has 0 unspecified atom stereocenters. The number of carbonyl (C=O) groups is 1.